The van der Waals surface area contributed by atoms with Crippen molar-refractivity contribution in [2.45, 2.75) is 191 Å². The van der Waals surface area contributed by atoms with Gasteiger partial charge in [-0.15, -0.1) is 0 Å². The number of benzene rings is 3. The van der Waals surface area contributed by atoms with Gasteiger partial charge in [-0.3, -0.25) is 0 Å². The SMILES string of the molecule is Cc1ccc(C2(CCN3CCCC3)CCCCC2)cc1.Cc1ccc(C2(CCNC(C)C)CCCC2)cc1.Cc1ccc(C2(CCNC3CC3)CCCC2)cc1. The van der Waals surface area contributed by atoms with Crippen molar-refractivity contribution in [2.24, 2.45) is 0 Å². The van der Waals surface area contributed by atoms with Gasteiger partial charge in [0.1, 0.15) is 0 Å². The Bertz CT molecular complexity index is 1460. The van der Waals surface area contributed by atoms with Crippen molar-refractivity contribution in [1.29, 1.82) is 0 Å². The van der Waals surface area contributed by atoms with Crippen LogP contribution in [0.15, 0.2) is 72.8 Å². The van der Waals surface area contributed by atoms with E-state index in [9.17, 15) is 0 Å². The van der Waals surface area contributed by atoms with E-state index in [1.165, 1.54) is 171 Å². The van der Waals surface area contributed by atoms with Gasteiger partial charge in [0.15, 0.2) is 0 Å². The standard InChI is InChI=1S/C19H29N.C17H25N.C17H27N/c1-17-7-9-18(10-8-17)19(11-3-2-4-12-19)13-16-20-14-5-6-15-20;1-14-4-6-15(7-5-14)17(10-2-3-11-17)12-13-18-16-8-9-16;1-14(2)18-13-12-17(10-4-5-11-17)16-8-6-15(3)7-9-16/h7-10H,2-6,11-16H2,1H3;4-7,16,18H,2-3,8-13H2,1H3;6-9,14,18H,4-5,10-13H2,1-3H3. The van der Waals surface area contributed by atoms with Crippen LogP contribution in [0.2, 0.25) is 0 Å². The first kappa shape index (κ1) is 43.1. The molecule has 0 aromatic heterocycles. The monoisotopic (exact) mass is 760 g/mol. The third kappa shape index (κ3) is 12.3. The van der Waals surface area contributed by atoms with Crippen LogP contribution in [0.1, 0.15) is 176 Å². The fourth-order valence-electron chi connectivity index (χ4n) is 10.9. The first-order valence-electron chi connectivity index (χ1n) is 23.6. The Hall–Kier alpha value is -2.46. The van der Waals surface area contributed by atoms with E-state index in [4.69, 9.17) is 0 Å². The maximum absolute atomic E-state index is 3.69. The number of hydrogen-bond donors (Lipinski definition) is 2. The molecule has 0 spiro atoms. The zero-order chi connectivity index (χ0) is 39.3. The van der Waals surface area contributed by atoms with Gasteiger partial charge in [-0.05, 0) is 170 Å². The summed E-state index contributed by atoms with van der Waals surface area (Å²) in [6, 6.07) is 29.4. The van der Waals surface area contributed by atoms with Crippen molar-refractivity contribution >= 4 is 0 Å². The van der Waals surface area contributed by atoms with E-state index in [-0.39, 0.29) is 0 Å². The highest BCUT2D eigenvalue weighted by Gasteiger charge is 2.37. The minimum Gasteiger partial charge on any atom is -0.315 e. The van der Waals surface area contributed by atoms with Crippen molar-refractivity contribution in [3.05, 3.63) is 106 Å². The molecule has 1 aliphatic heterocycles. The van der Waals surface area contributed by atoms with Gasteiger partial charge in [-0.2, -0.15) is 0 Å². The molecular weight excluding hydrogens is 679 g/mol. The Morgan fingerprint density at radius 3 is 1.27 bits per heavy atom. The average molecular weight is 760 g/mol. The maximum atomic E-state index is 3.69. The van der Waals surface area contributed by atoms with Gasteiger partial charge in [0, 0.05) is 12.1 Å². The molecule has 0 amide bonds. The number of rotatable bonds is 14. The summed E-state index contributed by atoms with van der Waals surface area (Å²) in [7, 11) is 0. The second kappa shape index (κ2) is 21.0. The van der Waals surface area contributed by atoms with Gasteiger partial charge >= 0.3 is 0 Å². The minimum absolute atomic E-state index is 0.454. The van der Waals surface area contributed by atoms with Crippen LogP contribution in [0, 0.1) is 20.8 Å². The van der Waals surface area contributed by atoms with Gasteiger partial charge < -0.3 is 15.5 Å². The van der Waals surface area contributed by atoms with Gasteiger partial charge in [-0.25, -0.2) is 0 Å². The molecule has 3 nitrogen and oxygen atoms in total. The van der Waals surface area contributed by atoms with E-state index < -0.39 is 0 Å². The number of nitrogens with one attached hydrogen (secondary N) is 2. The summed E-state index contributed by atoms with van der Waals surface area (Å²) in [6.07, 6.45) is 27.9. The Morgan fingerprint density at radius 1 is 0.500 bits per heavy atom. The summed E-state index contributed by atoms with van der Waals surface area (Å²) >= 11 is 0. The molecule has 308 valence electrons. The topological polar surface area (TPSA) is 27.3 Å². The highest BCUT2D eigenvalue weighted by Crippen LogP contribution is 2.45. The number of hydrogen-bond acceptors (Lipinski definition) is 3. The normalized spacial score (nSPS) is 21.3. The van der Waals surface area contributed by atoms with Gasteiger partial charge in [0.2, 0.25) is 0 Å². The second-order valence-electron chi connectivity index (χ2n) is 19.5. The molecule has 5 fully saturated rings. The quantitative estimate of drug-likeness (QED) is 0.171. The smallest absolute Gasteiger partial charge is 0.00682 e. The van der Waals surface area contributed by atoms with Crippen LogP contribution in [0.25, 0.3) is 0 Å². The zero-order valence-electron chi connectivity index (χ0n) is 36.7. The molecule has 3 heteroatoms. The summed E-state index contributed by atoms with van der Waals surface area (Å²) in [5, 5.41) is 7.27. The third-order valence-electron chi connectivity index (χ3n) is 14.8. The largest absolute Gasteiger partial charge is 0.315 e. The fourth-order valence-corrected chi connectivity index (χ4v) is 10.9. The second-order valence-corrected chi connectivity index (χ2v) is 19.5. The maximum Gasteiger partial charge on any atom is 0.00682 e. The summed E-state index contributed by atoms with van der Waals surface area (Å²) in [6.45, 7) is 17.3. The zero-order valence-corrected chi connectivity index (χ0v) is 36.7. The first-order chi connectivity index (χ1) is 27.2. The van der Waals surface area contributed by atoms with Gasteiger partial charge in [-0.1, -0.05) is 148 Å². The molecule has 1 heterocycles. The third-order valence-corrected chi connectivity index (χ3v) is 14.8. The molecule has 2 N–H and O–H groups in total. The number of aryl methyl sites for hydroxylation is 3. The number of nitrogens with zero attached hydrogens (tertiary/aromatic N) is 1. The van der Waals surface area contributed by atoms with Crippen LogP contribution < -0.4 is 10.6 Å². The van der Waals surface area contributed by atoms with E-state index in [2.05, 4.69) is 123 Å². The van der Waals surface area contributed by atoms with E-state index in [0.29, 0.717) is 22.3 Å². The molecule has 5 aliphatic rings. The summed E-state index contributed by atoms with van der Waals surface area (Å²) in [5.74, 6) is 0. The lowest BCUT2D eigenvalue weighted by Gasteiger charge is -2.39. The molecular formula is C53H81N3. The van der Waals surface area contributed by atoms with Crippen molar-refractivity contribution in [3.63, 3.8) is 0 Å². The van der Waals surface area contributed by atoms with Gasteiger partial charge in [0.25, 0.3) is 0 Å². The van der Waals surface area contributed by atoms with Crippen molar-refractivity contribution in [2.75, 3.05) is 32.7 Å². The highest BCUT2D eigenvalue weighted by atomic mass is 15.1. The van der Waals surface area contributed by atoms with Crippen LogP contribution >= 0.6 is 0 Å². The van der Waals surface area contributed by atoms with Crippen LogP contribution in [-0.4, -0.2) is 49.7 Å². The van der Waals surface area contributed by atoms with Crippen LogP contribution in [-0.2, 0) is 16.2 Å². The molecule has 4 saturated carbocycles. The molecule has 8 rings (SSSR count). The Morgan fingerprint density at radius 2 is 0.875 bits per heavy atom. The minimum atomic E-state index is 0.454. The summed E-state index contributed by atoms with van der Waals surface area (Å²) in [4.78, 5) is 2.69. The summed E-state index contributed by atoms with van der Waals surface area (Å²) in [5.41, 5.74) is 10.3. The van der Waals surface area contributed by atoms with Crippen LogP contribution in [0.3, 0.4) is 0 Å². The van der Waals surface area contributed by atoms with Crippen molar-refractivity contribution in [1.82, 2.24) is 15.5 Å². The molecule has 56 heavy (non-hydrogen) atoms. The average Bonchev–Trinajstić information content (AvgIpc) is 3.55. The van der Waals surface area contributed by atoms with Crippen LogP contribution in [0.5, 0.6) is 0 Å². The molecule has 0 atom stereocenters. The van der Waals surface area contributed by atoms with E-state index in [1.54, 1.807) is 16.7 Å². The predicted octanol–water partition coefficient (Wildman–Crippen LogP) is 12.8. The Labute approximate surface area is 344 Å². The van der Waals surface area contributed by atoms with Crippen LogP contribution in [0.4, 0.5) is 0 Å². The van der Waals surface area contributed by atoms with E-state index >= 15 is 0 Å². The molecule has 3 aromatic rings. The molecule has 0 bridgehead atoms. The van der Waals surface area contributed by atoms with E-state index in [0.717, 1.165) is 12.6 Å². The number of likely N-dealkylation sites (tertiary alicyclic amines) is 1. The molecule has 0 unspecified atom stereocenters. The lowest BCUT2D eigenvalue weighted by molar-refractivity contribution is 0.226. The lowest BCUT2D eigenvalue weighted by atomic mass is 9.67. The first-order valence-corrected chi connectivity index (χ1v) is 23.6. The molecule has 3 aromatic carbocycles. The fraction of sp³-hybridized carbons (Fsp3) is 0.660. The molecule has 1 saturated heterocycles. The molecule has 0 radical (unpaired) electrons. The van der Waals surface area contributed by atoms with E-state index in [1.807, 2.05) is 0 Å². The molecule has 4 aliphatic carbocycles. The van der Waals surface area contributed by atoms with Crippen molar-refractivity contribution in [3.8, 4) is 0 Å². The lowest BCUT2D eigenvalue weighted by Crippen LogP contribution is -2.34. The summed E-state index contributed by atoms with van der Waals surface area (Å²) < 4.78 is 0. The predicted molar refractivity (Wildman–Crippen MR) is 242 cm³/mol. The Kier molecular flexibility index (Phi) is 16.2. The highest BCUT2D eigenvalue weighted by molar-refractivity contribution is 5.32. The Balaban J connectivity index is 0.000000143. The van der Waals surface area contributed by atoms with Crippen molar-refractivity contribution < 1.29 is 0 Å². The van der Waals surface area contributed by atoms with Gasteiger partial charge in [0.05, 0.1) is 0 Å².